The van der Waals surface area contributed by atoms with Crippen LogP contribution in [0.5, 0.6) is 0 Å². The number of hydrogen-bond donors (Lipinski definition) is 1. The Balaban J connectivity index is 2.35. The number of carbonyl (C=O) groups is 1. The Labute approximate surface area is 120 Å². The van der Waals surface area contributed by atoms with Crippen molar-refractivity contribution in [2.24, 2.45) is 0 Å². The van der Waals surface area contributed by atoms with Gasteiger partial charge in [0, 0.05) is 24.5 Å². The smallest absolute Gasteiger partial charge is 0.295 e. The lowest BCUT2D eigenvalue weighted by atomic mass is 10.3. The third-order valence-electron chi connectivity index (χ3n) is 2.74. The molecule has 0 atom stereocenters. The second-order valence-corrected chi connectivity index (χ2v) is 5.37. The lowest BCUT2D eigenvalue weighted by Crippen LogP contribution is -2.34. The Morgan fingerprint density at radius 1 is 1.47 bits per heavy atom. The first-order chi connectivity index (χ1) is 9.26. The molecule has 0 fully saturated rings. The molecule has 1 heterocycles. The van der Waals surface area contributed by atoms with Crippen LogP contribution in [0.1, 0.15) is 31.6 Å². The summed E-state index contributed by atoms with van der Waals surface area (Å²) >= 11 is 1.78. The van der Waals surface area contributed by atoms with Gasteiger partial charge >= 0.3 is 0 Å². The number of thiophene rings is 1. The van der Waals surface area contributed by atoms with Crippen molar-refractivity contribution in [3.8, 4) is 11.8 Å². The van der Waals surface area contributed by atoms with Gasteiger partial charge in [0.2, 0.25) is 0 Å². The fourth-order valence-corrected chi connectivity index (χ4v) is 2.51. The van der Waals surface area contributed by atoms with Crippen molar-refractivity contribution in [1.82, 2.24) is 10.2 Å². The van der Waals surface area contributed by atoms with Gasteiger partial charge in [0.25, 0.3) is 5.91 Å². The van der Waals surface area contributed by atoms with E-state index in [-0.39, 0.29) is 5.91 Å². The lowest BCUT2D eigenvalue weighted by Gasteiger charge is -2.21. The van der Waals surface area contributed by atoms with Crippen molar-refractivity contribution >= 4 is 17.2 Å². The van der Waals surface area contributed by atoms with Gasteiger partial charge in [-0.05, 0) is 37.3 Å². The van der Waals surface area contributed by atoms with E-state index >= 15 is 0 Å². The summed E-state index contributed by atoms with van der Waals surface area (Å²) in [5, 5.41) is 4.92. The summed E-state index contributed by atoms with van der Waals surface area (Å²) in [5.74, 6) is 4.91. The average molecular weight is 278 g/mol. The number of unbranched alkanes of at least 4 members (excludes halogenated alkanes) is 1. The first-order valence-corrected chi connectivity index (χ1v) is 7.59. The second kappa shape index (κ2) is 9.60. The van der Waals surface area contributed by atoms with E-state index in [2.05, 4.69) is 46.5 Å². The van der Waals surface area contributed by atoms with E-state index in [4.69, 9.17) is 0 Å². The van der Waals surface area contributed by atoms with Crippen molar-refractivity contribution in [2.75, 3.05) is 19.6 Å². The van der Waals surface area contributed by atoms with Crippen LogP contribution in [0.15, 0.2) is 17.5 Å². The highest BCUT2D eigenvalue weighted by atomic mass is 32.1. The molecule has 0 aliphatic carbocycles. The molecule has 0 bridgehead atoms. The monoisotopic (exact) mass is 278 g/mol. The molecule has 0 spiro atoms. The van der Waals surface area contributed by atoms with Crippen LogP contribution in [0.3, 0.4) is 0 Å². The first-order valence-electron chi connectivity index (χ1n) is 6.71. The van der Waals surface area contributed by atoms with Gasteiger partial charge in [0.05, 0.1) is 0 Å². The van der Waals surface area contributed by atoms with E-state index in [1.807, 2.05) is 0 Å². The molecule has 0 unspecified atom stereocenters. The van der Waals surface area contributed by atoms with Crippen molar-refractivity contribution in [2.45, 2.75) is 33.2 Å². The predicted molar refractivity (Wildman–Crippen MR) is 81.0 cm³/mol. The van der Waals surface area contributed by atoms with Crippen LogP contribution in [0.2, 0.25) is 0 Å². The summed E-state index contributed by atoms with van der Waals surface area (Å²) < 4.78 is 0. The summed E-state index contributed by atoms with van der Waals surface area (Å²) in [5.41, 5.74) is 0. The molecule has 1 aromatic heterocycles. The molecule has 1 rings (SSSR count). The predicted octanol–water partition coefficient (Wildman–Crippen LogP) is 2.49. The molecule has 1 N–H and O–H groups in total. The standard InChI is InChI=1S/C15H22N2OS/c1-3-5-10-17(13-14-8-6-12-19-14)11-9-16-15(18)7-4-2/h6,8,12H,3,5,9-11,13H2,1-2H3,(H,16,18). The topological polar surface area (TPSA) is 32.3 Å². The number of carbonyl (C=O) groups excluding carboxylic acids is 1. The third-order valence-corrected chi connectivity index (χ3v) is 3.60. The fraction of sp³-hybridized carbons (Fsp3) is 0.533. The van der Waals surface area contributed by atoms with E-state index < -0.39 is 0 Å². The fourth-order valence-electron chi connectivity index (χ4n) is 1.76. The second-order valence-electron chi connectivity index (χ2n) is 4.34. The zero-order chi connectivity index (χ0) is 13.9. The summed E-state index contributed by atoms with van der Waals surface area (Å²) in [6.45, 7) is 7.43. The van der Waals surface area contributed by atoms with Gasteiger partial charge in [0.1, 0.15) is 0 Å². The molecule has 3 nitrogen and oxygen atoms in total. The number of hydrogen-bond acceptors (Lipinski definition) is 3. The van der Waals surface area contributed by atoms with Crippen molar-refractivity contribution in [3.63, 3.8) is 0 Å². The molecule has 0 aliphatic heterocycles. The van der Waals surface area contributed by atoms with Gasteiger partial charge in [-0.2, -0.15) is 0 Å². The van der Waals surface area contributed by atoms with Crippen LogP contribution >= 0.6 is 11.3 Å². The SMILES string of the molecule is CC#CC(=O)NCCN(CCCC)Cc1cccs1. The lowest BCUT2D eigenvalue weighted by molar-refractivity contribution is -0.115. The molecule has 0 aromatic carbocycles. The maximum atomic E-state index is 11.3. The Morgan fingerprint density at radius 2 is 2.32 bits per heavy atom. The van der Waals surface area contributed by atoms with Gasteiger partial charge in [-0.3, -0.25) is 9.69 Å². The maximum Gasteiger partial charge on any atom is 0.295 e. The number of nitrogens with zero attached hydrogens (tertiary/aromatic N) is 1. The van der Waals surface area contributed by atoms with E-state index in [0.717, 1.165) is 19.6 Å². The molecule has 0 saturated heterocycles. The zero-order valence-corrected chi connectivity index (χ0v) is 12.6. The molecule has 19 heavy (non-hydrogen) atoms. The highest BCUT2D eigenvalue weighted by molar-refractivity contribution is 7.09. The van der Waals surface area contributed by atoms with Crippen molar-refractivity contribution in [3.05, 3.63) is 22.4 Å². The summed E-state index contributed by atoms with van der Waals surface area (Å²) in [4.78, 5) is 15.0. The summed E-state index contributed by atoms with van der Waals surface area (Å²) in [6.07, 6.45) is 2.38. The quantitative estimate of drug-likeness (QED) is 0.741. The Kier molecular flexibility index (Phi) is 7.95. The van der Waals surface area contributed by atoms with Gasteiger partial charge in [-0.15, -0.1) is 11.3 Å². The normalized spacial score (nSPS) is 10.1. The van der Waals surface area contributed by atoms with Crippen molar-refractivity contribution in [1.29, 1.82) is 0 Å². The minimum Gasteiger partial charge on any atom is -0.344 e. The summed E-state index contributed by atoms with van der Waals surface area (Å²) in [7, 11) is 0. The molecule has 0 aliphatic rings. The van der Waals surface area contributed by atoms with Crippen LogP contribution < -0.4 is 5.32 Å². The van der Waals surface area contributed by atoms with E-state index in [1.165, 1.54) is 17.7 Å². The molecule has 4 heteroatoms. The number of amides is 1. The molecule has 0 saturated carbocycles. The number of nitrogens with one attached hydrogen (secondary N) is 1. The largest absolute Gasteiger partial charge is 0.344 e. The van der Waals surface area contributed by atoms with Gasteiger partial charge < -0.3 is 5.32 Å². The van der Waals surface area contributed by atoms with E-state index in [0.29, 0.717) is 6.54 Å². The maximum absolute atomic E-state index is 11.3. The average Bonchev–Trinajstić information content (AvgIpc) is 2.89. The third kappa shape index (κ3) is 7.00. The van der Waals surface area contributed by atoms with Gasteiger partial charge in [0.15, 0.2) is 0 Å². The highest BCUT2D eigenvalue weighted by Crippen LogP contribution is 2.12. The van der Waals surface area contributed by atoms with E-state index in [1.54, 1.807) is 18.3 Å². The van der Waals surface area contributed by atoms with Crippen LogP contribution in [-0.4, -0.2) is 30.4 Å². The Bertz CT molecular complexity index is 417. The molecule has 0 radical (unpaired) electrons. The van der Waals surface area contributed by atoms with Gasteiger partial charge in [-0.25, -0.2) is 0 Å². The number of rotatable bonds is 8. The van der Waals surface area contributed by atoms with Crippen LogP contribution in [0, 0.1) is 11.8 Å². The summed E-state index contributed by atoms with van der Waals surface area (Å²) in [6, 6.07) is 4.24. The van der Waals surface area contributed by atoms with Gasteiger partial charge in [-0.1, -0.05) is 25.3 Å². The van der Waals surface area contributed by atoms with Crippen LogP contribution in [0.4, 0.5) is 0 Å². The minimum atomic E-state index is -0.186. The molecule has 1 amide bonds. The van der Waals surface area contributed by atoms with Crippen LogP contribution in [0.25, 0.3) is 0 Å². The highest BCUT2D eigenvalue weighted by Gasteiger charge is 2.06. The molecule has 104 valence electrons. The van der Waals surface area contributed by atoms with Crippen molar-refractivity contribution < 1.29 is 4.79 Å². The molecule has 1 aromatic rings. The Hall–Kier alpha value is -1.31. The Morgan fingerprint density at radius 3 is 2.95 bits per heavy atom. The molecular weight excluding hydrogens is 256 g/mol. The zero-order valence-electron chi connectivity index (χ0n) is 11.7. The molecular formula is C15H22N2OS. The first kappa shape index (κ1) is 15.7. The minimum absolute atomic E-state index is 0.186. The van der Waals surface area contributed by atoms with E-state index in [9.17, 15) is 4.79 Å². The van der Waals surface area contributed by atoms with Crippen LogP contribution in [-0.2, 0) is 11.3 Å².